The molecule has 3 rings (SSSR count). The normalized spacial score (nSPS) is 19.2. The standard InChI is InChI=1S/C17H16N2O4/c1-10-6-7-14(19(22)23)13(8-10)17(21)18-16-12-5-3-2-4-11(12)9-15(16)20/h2-8,15-16,20H,9H2,1H3,(H,18,21)/t15-,16+/m0/s1. The first-order valence-corrected chi connectivity index (χ1v) is 7.29. The van der Waals surface area contributed by atoms with Crippen LogP contribution < -0.4 is 5.32 Å². The van der Waals surface area contributed by atoms with Crippen LogP contribution >= 0.6 is 0 Å². The molecule has 0 fully saturated rings. The Morgan fingerprint density at radius 1 is 1.30 bits per heavy atom. The second-order valence-electron chi connectivity index (χ2n) is 5.70. The number of nitrogens with one attached hydrogen (secondary N) is 1. The lowest BCUT2D eigenvalue weighted by atomic mass is 10.1. The van der Waals surface area contributed by atoms with Crippen molar-refractivity contribution in [3.8, 4) is 0 Å². The minimum absolute atomic E-state index is 0.00609. The highest BCUT2D eigenvalue weighted by Crippen LogP contribution is 2.32. The second-order valence-corrected chi connectivity index (χ2v) is 5.70. The van der Waals surface area contributed by atoms with Crippen molar-refractivity contribution in [1.29, 1.82) is 0 Å². The summed E-state index contributed by atoms with van der Waals surface area (Å²) >= 11 is 0. The van der Waals surface area contributed by atoms with Crippen LogP contribution in [0.15, 0.2) is 42.5 Å². The van der Waals surface area contributed by atoms with Crippen LogP contribution in [0.25, 0.3) is 0 Å². The number of aliphatic hydroxyl groups excluding tert-OH is 1. The van der Waals surface area contributed by atoms with Crippen molar-refractivity contribution in [1.82, 2.24) is 5.32 Å². The average molecular weight is 312 g/mol. The number of carbonyl (C=O) groups is 1. The van der Waals surface area contributed by atoms with Crippen molar-refractivity contribution in [2.24, 2.45) is 0 Å². The van der Waals surface area contributed by atoms with E-state index in [1.807, 2.05) is 24.3 Å². The monoisotopic (exact) mass is 312 g/mol. The first-order valence-electron chi connectivity index (χ1n) is 7.29. The van der Waals surface area contributed by atoms with Crippen molar-refractivity contribution < 1.29 is 14.8 Å². The third-order valence-electron chi connectivity index (χ3n) is 4.08. The molecule has 1 aliphatic carbocycles. The van der Waals surface area contributed by atoms with E-state index in [4.69, 9.17) is 0 Å². The minimum atomic E-state index is -0.736. The van der Waals surface area contributed by atoms with Gasteiger partial charge in [0.1, 0.15) is 5.56 Å². The Hall–Kier alpha value is -2.73. The molecule has 6 heteroatoms. The van der Waals surface area contributed by atoms with E-state index in [0.717, 1.165) is 16.7 Å². The van der Waals surface area contributed by atoms with Gasteiger partial charge in [0.2, 0.25) is 0 Å². The topological polar surface area (TPSA) is 92.5 Å². The summed E-state index contributed by atoms with van der Waals surface area (Å²) in [7, 11) is 0. The van der Waals surface area contributed by atoms with E-state index < -0.39 is 23.0 Å². The smallest absolute Gasteiger partial charge is 0.282 e. The van der Waals surface area contributed by atoms with Gasteiger partial charge >= 0.3 is 0 Å². The zero-order valence-electron chi connectivity index (χ0n) is 12.5. The quantitative estimate of drug-likeness (QED) is 0.672. The summed E-state index contributed by atoms with van der Waals surface area (Å²) in [6.45, 7) is 1.76. The molecule has 0 spiro atoms. The van der Waals surface area contributed by atoms with Gasteiger partial charge in [-0.3, -0.25) is 14.9 Å². The SMILES string of the molecule is Cc1ccc([N+](=O)[O-])c(C(=O)N[C@@H]2c3ccccc3C[C@@H]2O)c1. The molecule has 2 N–H and O–H groups in total. The van der Waals surface area contributed by atoms with Crippen LogP contribution in [0.2, 0.25) is 0 Å². The molecule has 118 valence electrons. The highest BCUT2D eigenvalue weighted by Gasteiger charge is 2.33. The molecule has 2 aromatic rings. The summed E-state index contributed by atoms with van der Waals surface area (Å²) < 4.78 is 0. The molecule has 0 saturated heterocycles. The van der Waals surface area contributed by atoms with Crippen LogP contribution in [0.5, 0.6) is 0 Å². The number of hydrogen-bond donors (Lipinski definition) is 2. The summed E-state index contributed by atoms with van der Waals surface area (Å²) in [5.74, 6) is -0.554. The fourth-order valence-electron chi connectivity index (χ4n) is 2.96. The fraction of sp³-hybridized carbons (Fsp3) is 0.235. The van der Waals surface area contributed by atoms with Gasteiger partial charge < -0.3 is 10.4 Å². The molecule has 0 unspecified atom stereocenters. The van der Waals surface area contributed by atoms with Crippen LogP contribution in [0, 0.1) is 17.0 Å². The lowest BCUT2D eigenvalue weighted by Gasteiger charge is -2.18. The highest BCUT2D eigenvalue weighted by atomic mass is 16.6. The molecule has 1 aliphatic rings. The molecule has 2 aromatic carbocycles. The average Bonchev–Trinajstić information content (AvgIpc) is 2.83. The predicted molar refractivity (Wildman–Crippen MR) is 84.2 cm³/mol. The van der Waals surface area contributed by atoms with Crippen molar-refractivity contribution in [3.05, 3.63) is 74.8 Å². The van der Waals surface area contributed by atoms with Crippen LogP contribution in [0.4, 0.5) is 5.69 Å². The molecule has 0 radical (unpaired) electrons. The van der Waals surface area contributed by atoms with E-state index in [1.54, 1.807) is 13.0 Å². The van der Waals surface area contributed by atoms with E-state index in [0.29, 0.717) is 6.42 Å². The molecular weight excluding hydrogens is 296 g/mol. The van der Waals surface area contributed by atoms with Crippen molar-refractivity contribution >= 4 is 11.6 Å². The second kappa shape index (κ2) is 5.81. The molecule has 0 heterocycles. The molecule has 0 aromatic heterocycles. The van der Waals surface area contributed by atoms with Crippen molar-refractivity contribution in [2.45, 2.75) is 25.5 Å². The van der Waals surface area contributed by atoms with Gasteiger partial charge in [-0.2, -0.15) is 0 Å². The summed E-state index contributed by atoms with van der Waals surface area (Å²) in [5, 5.41) is 24.0. The van der Waals surface area contributed by atoms with Gasteiger partial charge in [-0.05, 0) is 29.7 Å². The first-order chi connectivity index (χ1) is 11.0. The minimum Gasteiger partial charge on any atom is -0.390 e. The van der Waals surface area contributed by atoms with Crippen LogP contribution in [-0.2, 0) is 6.42 Å². The predicted octanol–water partition coefficient (Wildman–Crippen LogP) is 2.29. The number of nitro groups is 1. The van der Waals surface area contributed by atoms with Gasteiger partial charge in [0.25, 0.3) is 11.6 Å². The molecule has 23 heavy (non-hydrogen) atoms. The van der Waals surface area contributed by atoms with E-state index in [1.165, 1.54) is 12.1 Å². The Labute approximate surface area is 132 Å². The number of aliphatic hydroxyl groups is 1. The van der Waals surface area contributed by atoms with E-state index in [-0.39, 0.29) is 11.3 Å². The summed E-state index contributed by atoms with van der Waals surface area (Å²) in [6.07, 6.45) is -0.281. The molecule has 6 nitrogen and oxygen atoms in total. The number of nitrogens with zero attached hydrogens (tertiary/aromatic N) is 1. The van der Waals surface area contributed by atoms with E-state index in [2.05, 4.69) is 5.32 Å². The summed E-state index contributed by atoms with van der Waals surface area (Å²) in [5.41, 5.74) is 2.35. The molecule has 0 aliphatic heterocycles. The first kappa shape index (κ1) is 15.2. The summed E-state index contributed by atoms with van der Waals surface area (Å²) in [6, 6.07) is 11.3. The molecular formula is C17H16N2O4. The number of carbonyl (C=O) groups excluding carboxylic acids is 1. The number of amides is 1. The largest absolute Gasteiger partial charge is 0.390 e. The number of fused-ring (bicyclic) bond motifs is 1. The number of benzene rings is 2. The van der Waals surface area contributed by atoms with Gasteiger partial charge in [-0.1, -0.05) is 30.3 Å². The third kappa shape index (κ3) is 2.80. The van der Waals surface area contributed by atoms with Gasteiger partial charge in [0.15, 0.2) is 0 Å². The molecule has 1 amide bonds. The van der Waals surface area contributed by atoms with E-state index in [9.17, 15) is 20.0 Å². The summed E-state index contributed by atoms with van der Waals surface area (Å²) in [4.78, 5) is 23.0. The number of rotatable bonds is 3. The van der Waals surface area contributed by atoms with Crippen LogP contribution in [-0.4, -0.2) is 22.0 Å². The maximum atomic E-state index is 12.5. The van der Waals surface area contributed by atoms with Crippen molar-refractivity contribution in [2.75, 3.05) is 0 Å². The highest BCUT2D eigenvalue weighted by molar-refractivity contribution is 5.98. The Balaban J connectivity index is 1.91. The van der Waals surface area contributed by atoms with Gasteiger partial charge in [0.05, 0.1) is 17.1 Å². The lowest BCUT2D eigenvalue weighted by Crippen LogP contribution is -2.34. The fourth-order valence-corrected chi connectivity index (χ4v) is 2.96. The molecule has 0 bridgehead atoms. The third-order valence-corrected chi connectivity index (χ3v) is 4.08. The lowest BCUT2D eigenvalue weighted by molar-refractivity contribution is -0.385. The maximum Gasteiger partial charge on any atom is 0.282 e. The zero-order valence-corrected chi connectivity index (χ0v) is 12.5. The molecule has 0 saturated carbocycles. The Morgan fingerprint density at radius 3 is 2.78 bits per heavy atom. The zero-order chi connectivity index (χ0) is 16.6. The maximum absolute atomic E-state index is 12.5. The number of hydrogen-bond acceptors (Lipinski definition) is 4. The number of nitro benzene ring substituents is 1. The Kier molecular flexibility index (Phi) is 3.83. The Morgan fingerprint density at radius 2 is 2.04 bits per heavy atom. The van der Waals surface area contributed by atoms with Crippen LogP contribution in [0.3, 0.4) is 0 Å². The molecule has 2 atom stereocenters. The van der Waals surface area contributed by atoms with E-state index >= 15 is 0 Å². The van der Waals surface area contributed by atoms with Gasteiger partial charge in [0, 0.05) is 12.5 Å². The number of aryl methyl sites for hydroxylation is 1. The Bertz CT molecular complexity index is 788. The van der Waals surface area contributed by atoms with Gasteiger partial charge in [-0.15, -0.1) is 0 Å². The van der Waals surface area contributed by atoms with Crippen LogP contribution in [0.1, 0.15) is 33.1 Å². The van der Waals surface area contributed by atoms with Crippen molar-refractivity contribution in [3.63, 3.8) is 0 Å². The van der Waals surface area contributed by atoms with Gasteiger partial charge in [-0.25, -0.2) is 0 Å².